The average molecular weight is 251 g/mol. The molecule has 1 unspecified atom stereocenters. The predicted octanol–water partition coefficient (Wildman–Crippen LogP) is 0.437. The van der Waals surface area contributed by atoms with Crippen molar-refractivity contribution in [2.24, 2.45) is 5.84 Å². The largest absolute Gasteiger partial charge is 0.349 e. The van der Waals surface area contributed by atoms with Crippen molar-refractivity contribution in [3.8, 4) is 0 Å². The average Bonchev–Trinajstić information content (AvgIpc) is 2.36. The number of nitrogen functional groups attached to an aromatic ring is 1. The van der Waals surface area contributed by atoms with Crippen molar-refractivity contribution in [1.82, 2.24) is 15.2 Å². The zero-order valence-electron chi connectivity index (χ0n) is 11.1. The minimum absolute atomic E-state index is 0.103. The molecule has 0 bridgehead atoms. The molecule has 18 heavy (non-hydrogen) atoms. The van der Waals surface area contributed by atoms with Crippen LogP contribution in [-0.4, -0.2) is 42.5 Å². The number of rotatable bonds is 6. The lowest BCUT2D eigenvalue weighted by Crippen LogP contribution is -2.35. The van der Waals surface area contributed by atoms with Gasteiger partial charge in [0, 0.05) is 18.4 Å². The molecule has 1 amide bonds. The molecule has 1 aromatic rings. The van der Waals surface area contributed by atoms with E-state index < -0.39 is 0 Å². The summed E-state index contributed by atoms with van der Waals surface area (Å²) < 4.78 is 0. The lowest BCUT2D eigenvalue weighted by atomic mass is 10.2. The Labute approximate surface area is 108 Å². The number of amides is 1. The van der Waals surface area contributed by atoms with Crippen molar-refractivity contribution in [2.45, 2.75) is 19.4 Å². The van der Waals surface area contributed by atoms with Crippen LogP contribution >= 0.6 is 0 Å². The van der Waals surface area contributed by atoms with Crippen molar-refractivity contribution in [1.29, 1.82) is 0 Å². The number of carbonyl (C=O) groups is 1. The highest BCUT2D eigenvalue weighted by Crippen LogP contribution is 2.11. The monoisotopic (exact) mass is 251 g/mol. The van der Waals surface area contributed by atoms with Crippen molar-refractivity contribution < 1.29 is 4.79 Å². The van der Waals surface area contributed by atoms with Crippen LogP contribution in [0.2, 0.25) is 0 Å². The summed E-state index contributed by atoms with van der Waals surface area (Å²) in [5, 5.41) is 2.93. The fourth-order valence-electron chi connectivity index (χ4n) is 1.53. The maximum absolute atomic E-state index is 12.0. The molecule has 6 nitrogen and oxygen atoms in total. The Hall–Kier alpha value is -1.66. The van der Waals surface area contributed by atoms with Crippen LogP contribution in [0.4, 0.5) is 5.69 Å². The number of anilines is 1. The highest BCUT2D eigenvalue weighted by molar-refractivity contribution is 5.99. The first kappa shape index (κ1) is 14.4. The van der Waals surface area contributed by atoms with E-state index in [-0.39, 0.29) is 11.9 Å². The summed E-state index contributed by atoms with van der Waals surface area (Å²) in [7, 11) is 4.01. The third-order valence-electron chi connectivity index (χ3n) is 2.61. The van der Waals surface area contributed by atoms with E-state index in [4.69, 9.17) is 5.84 Å². The van der Waals surface area contributed by atoms with Gasteiger partial charge in [-0.1, -0.05) is 0 Å². The van der Waals surface area contributed by atoms with Gasteiger partial charge in [-0.05, 0) is 40.1 Å². The fourth-order valence-corrected chi connectivity index (χ4v) is 1.53. The van der Waals surface area contributed by atoms with Crippen molar-refractivity contribution >= 4 is 11.6 Å². The van der Waals surface area contributed by atoms with E-state index in [0.717, 1.165) is 13.0 Å². The predicted molar refractivity (Wildman–Crippen MR) is 72.1 cm³/mol. The SMILES string of the molecule is CC(CCN(C)C)NC(=O)c1cnccc1NN. The second kappa shape index (κ2) is 6.93. The first-order valence-electron chi connectivity index (χ1n) is 5.90. The molecule has 0 aromatic carbocycles. The molecule has 1 rings (SSSR count). The second-order valence-electron chi connectivity index (χ2n) is 4.53. The van der Waals surface area contributed by atoms with Crippen LogP contribution in [0.25, 0.3) is 0 Å². The Bertz CT molecular complexity index is 394. The molecular formula is C12H21N5O. The van der Waals surface area contributed by atoms with Gasteiger partial charge in [0.25, 0.3) is 5.91 Å². The zero-order chi connectivity index (χ0) is 13.5. The highest BCUT2D eigenvalue weighted by atomic mass is 16.1. The van der Waals surface area contributed by atoms with Crippen LogP contribution in [-0.2, 0) is 0 Å². The molecule has 0 saturated heterocycles. The molecule has 0 aliphatic rings. The second-order valence-corrected chi connectivity index (χ2v) is 4.53. The summed E-state index contributed by atoms with van der Waals surface area (Å²) in [6, 6.07) is 1.77. The number of hydrogen-bond donors (Lipinski definition) is 3. The van der Waals surface area contributed by atoms with Gasteiger partial charge in [0.05, 0.1) is 11.3 Å². The quantitative estimate of drug-likeness (QED) is 0.504. The summed E-state index contributed by atoms with van der Waals surface area (Å²) in [4.78, 5) is 18.0. The number of nitrogens with two attached hydrogens (primary N) is 1. The summed E-state index contributed by atoms with van der Waals surface area (Å²) >= 11 is 0. The standard InChI is InChI=1S/C12H21N5O/c1-9(5-7-17(2)3)15-12(18)10-8-14-6-4-11(10)16-13/h4,6,8-9H,5,7,13H2,1-3H3,(H,14,16)(H,15,18). The highest BCUT2D eigenvalue weighted by Gasteiger charge is 2.13. The van der Waals surface area contributed by atoms with E-state index >= 15 is 0 Å². The van der Waals surface area contributed by atoms with Crippen molar-refractivity contribution in [2.75, 3.05) is 26.1 Å². The molecule has 0 aliphatic carbocycles. The van der Waals surface area contributed by atoms with E-state index in [9.17, 15) is 4.79 Å². The number of pyridine rings is 1. The number of hydrazine groups is 1. The van der Waals surface area contributed by atoms with Crippen molar-refractivity contribution in [3.05, 3.63) is 24.0 Å². The summed E-state index contributed by atoms with van der Waals surface area (Å²) in [6.45, 7) is 2.91. The first-order valence-corrected chi connectivity index (χ1v) is 5.90. The van der Waals surface area contributed by atoms with E-state index in [2.05, 4.69) is 20.6 Å². The van der Waals surface area contributed by atoms with Crippen LogP contribution in [0.5, 0.6) is 0 Å². The van der Waals surface area contributed by atoms with Gasteiger partial charge >= 0.3 is 0 Å². The molecule has 6 heteroatoms. The zero-order valence-corrected chi connectivity index (χ0v) is 11.1. The van der Waals surface area contributed by atoms with E-state index in [1.165, 1.54) is 6.20 Å². The smallest absolute Gasteiger partial charge is 0.255 e. The summed E-state index contributed by atoms with van der Waals surface area (Å²) in [6.07, 6.45) is 3.98. The molecule has 1 atom stereocenters. The Balaban J connectivity index is 2.59. The third-order valence-corrected chi connectivity index (χ3v) is 2.61. The molecule has 1 heterocycles. The van der Waals surface area contributed by atoms with Crippen LogP contribution in [0.1, 0.15) is 23.7 Å². The summed E-state index contributed by atoms with van der Waals surface area (Å²) in [5.74, 6) is 5.19. The lowest BCUT2D eigenvalue weighted by molar-refractivity contribution is 0.0937. The molecule has 1 aromatic heterocycles. The molecule has 0 saturated carbocycles. The molecule has 0 aliphatic heterocycles. The van der Waals surface area contributed by atoms with Crippen LogP contribution in [0.3, 0.4) is 0 Å². The Morgan fingerprint density at radius 2 is 2.28 bits per heavy atom. The van der Waals surface area contributed by atoms with Crippen LogP contribution in [0, 0.1) is 0 Å². The number of nitrogens with zero attached hydrogens (tertiary/aromatic N) is 2. The van der Waals surface area contributed by atoms with Crippen LogP contribution in [0.15, 0.2) is 18.5 Å². The first-order chi connectivity index (χ1) is 8.54. The third kappa shape index (κ3) is 4.31. The fraction of sp³-hybridized carbons (Fsp3) is 0.500. The van der Waals surface area contributed by atoms with Gasteiger partial charge in [-0.25, -0.2) is 0 Å². The van der Waals surface area contributed by atoms with E-state index in [0.29, 0.717) is 11.3 Å². The maximum atomic E-state index is 12.0. The van der Waals surface area contributed by atoms with Gasteiger partial charge < -0.3 is 15.6 Å². The van der Waals surface area contributed by atoms with E-state index in [1.54, 1.807) is 12.3 Å². The Kier molecular flexibility index (Phi) is 5.54. The molecule has 100 valence electrons. The van der Waals surface area contributed by atoms with Crippen molar-refractivity contribution in [3.63, 3.8) is 0 Å². The Morgan fingerprint density at radius 1 is 1.56 bits per heavy atom. The number of aromatic nitrogens is 1. The number of nitrogens with one attached hydrogen (secondary N) is 2. The van der Waals surface area contributed by atoms with Gasteiger partial charge in [-0.15, -0.1) is 0 Å². The molecule has 0 spiro atoms. The van der Waals surface area contributed by atoms with Gasteiger partial charge in [0.2, 0.25) is 0 Å². The topological polar surface area (TPSA) is 83.3 Å². The van der Waals surface area contributed by atoms with Gasteiger partial charge in [-0.3, -0.25) is 15.6 Å². The van der Waals surface area contributed by atoms with Gasteiger partial charge in [0.15, 0.2) is 0 Å². The minimum atomic E-state index is -0.165. The van der Waals surface area contributed by atoms with Gasteiger partial charge in [0.1, 0.15) is 0 Å². The molecule has 4 N–H and O–H groups in total. The molecule has 0 fully saturated rings. The summed E-state index contributed by atoms with van der Waals surface area (Å²) in [5.41, 5.74) is 3.52. The molecule has 0 radical (unpaired) electrons. The minimum Gasteiger partial charge on any atom is -0.349 e. The van der Waals surface area contributed by atoms with Gasteiger partial charge in [-0.2, -0.15) is 0 Å². The lowest BCUT2D eigenvalue weighted by Gasteiger charge is -2.17. The van der Waals surface area contributed by atoms with Crippen LogP contribution < -0.4 is 16.6 Å². The Morgan fingerprint density at radius 3 is 2.89 bits per heavy atom. The molecular weight excluding hydrogens is 230 g/mol. The van der Waals surface area contributed by atoms with E-state index in [1.807, 2.05) is 21.0 Å². The number of hydrogen-bond acceptors (Lipinski definition) is 5. The maximum Gasteiger partial charge on any atom is 0.255 e. The number of carbonyl (C=O) groups excluding carboxylic acids is 1. The normalized spacial score (nSPS) is 12.3.